The van der Waals surface area contributed by atoms with Gasteiger partial charge >= 0.3 is 0 Å². The van der Waals surface area contributed by atoms with Gasteiger partial charge in [-0.05, 0) is 24.0 Å². The second-order valence-corrected chi connectivity index (χ2v) is 5.28. The summed E-state index contributed by atoms with van der Waals surface area (Å²) >= 11 is 0. The fraction of sp³-hybridized carbons (Fsp3) is 0.625. The summed E-state index contributed by atoms with van der Waals surface area (Å²) in [5.41, 5.74) is 2.21. The van der Waals surface area contributed by atoms with Crippen molar-refractivity contribution in [3.63, 3.8) is 0 Å². The number of rotatable bonds is 7. The maximum absolute atomic E-state index is 8.97. The van der Waals surface area contributed by atoms with E-state index >= 15 is 0 Å². The number of benzene rings is 1. The molecule has 0 unspecified atom stereocenters. The van der Waals surface area contributed by atoms with Gasteiger partial charge in [-0.25, -0.2) is 0 Å². The Morgan fingerprint density at radius 3 is 2.42 bits per heavy atom. The highest BCUT2D eigenvalue weighted by Crippen LogP contribution is 2.19. The summed E-state index contributed by atoms with van der Waals surface area (Å²) in [5.74, 6) is 0. The maximum atomic E-state index is 8.97. The number of ether oxygens (including phenoxy) is 1. The largest absolute Gasteiger partial charge is 0.392 e. The fourth-order valence-corrected chi connectivity index (χ4v) is 2.52. The topological polar surface area (TPSA) is 41.5 Å². The van der Waals surface area contributed by atoms with E-state index in [9.17, 15) is 0 Å². The van der Waals surface area contributed by atoms with Crippen LogP contribution >= 0.6 is 0 Å². The predicted molar refractivity (Wildman–Crippen MR) is 76.9 cm³/mol. The Morgan fingerprint density at radius 1 is 1.05 bits per heavy atom. The van der Waals surface area contributed by atoms with Gasteiger partial charge in [0.2, 0.25) is 0 Å². The molecular weight excluding hydrogens is 238 g/mol. The lowest BCUT2D eigenvalue weighted by molar-refractivity contribution is 0.0302. The van der Waals surface area contributed by atoms with E-state index in [-0.39, 0.29) is 6.61 Å². The Bertz CT molecular complexity index is 344. The third-order valence-corrected chi connectivity index (χ3v) is 3.72. The summed E-state index contributed by atoms with van der Waals surface area (Å²) in [6, 6.07) is 8.05. The van der Waals surface area contributed by atoms with Crippen molar-refractivity contribution in [2.75, 3.05) is 13.2 Å². The molecular formula is C16H25NO2. The fourth-order valence-electron chi connectivity index (χ4n) is 2.52. The van der Waals surface area contributed by atoms with Crippen molar-refractivity contribution in [2.24, 2.45) is 0 Å². The highest BCUT2D eigenvalue weighted by atomic mass is 16.5. The number of hydrogen-bond donors (Lipinski definition) is 2. The summed E-state index contributed by atoms with van der Waals surface area (Å²) in [5, 5.41) is 12.4. The molecule has 0 bridgehead atoms. The molecule has 0 atom stereocenters. The van der Waals surface area contributed by atoms with Crippen LogP contribution in [-0.4, -0.2) is 24.4 Å². The molecule has 0 aromatic heterocycles. The van der Waals surface area contributed by atoms with Gasteiger partial charge in [-0.3, -0.25) is 0 Å². The first-order valence-electron chi connectivity index (χ1n) is 7.39. The van der Waals surface area contributed by atoms with E-state index in [4.69, 9.17) is 9.84 Å². The highest BCUT2D eigenvalue weighted by molar-refractivity contribution is 5.21. The lowest BCUT2D eigenvalue weighted by atomic mass is 9.98. The SMILES string of the molecule is OCc1ccc(CNCCOC2CCCCC2)cc1. The standard InChI is InChI=1S/C16H25NO2/c18-13-15-8-6-14(7-9-15)12-17-10-11-19-16-4-2-1-3-5-16/h6-9,16-18H,1-5,10-13H2. The molecule has 1 aliphatic rings. The van der Waals surface area contributed by atoms with Crippen LogP contribution in [0.5, 0.6) is 0 Å². The third kappa shape index (κ3) is 5.31. The van der Waals surface area contributed by atoms with Crippen LogP contribution in [0.2, 0.25) is 0 Å². The van der Waals surface area contributed by atoms with Crippen LogP contribution in [0.15, 0.2) is 24.3 Å². The molecule has 1 saturated carbocycles. The van der Waals surface area contributed by atoms with E-state index in [1.807, 2.05) is 12.1 Å². The van der Waals surface area contributed by atoms with Crippen LogP contribution in [0.25, 0.3) is 0 Å². The van der Waals surface area contributed by atoms with Crippen molar-refractivity contribution in [1.82, 2.24) is 5.32 Å². The molecule has 2 N–H and O–H groups in total. The average molecular weight is 263 g/mol. The molecule has 1 fully saturated rings. The number of nitrogens with one attached hydrogen (secondary N) is 1. The molecule has 106 valence electrons. The first kappa shape index (κ1) is 14.5. The minimum Gasteiger partial charge on any atom is -0.392 e. The molecule has 3 heteroatoms. The predicted octanol–water partition coefficient (Wildman–Crippen LogP) is 2.62. The van der Waals surface area contributed by atoms with Crippen LogP contribution in [0.3, 0.4) is 0 Å². The van der Waals surface area contributed by atoms with Crippen LogP contribution in [0.4, 0.5) is 0 Å². The summed E-state index contributed by atoms with van der Waals surface area (Å²) in [6.07, 6.45) is 7.01. The summed E-state index contributed by atoms with van der Waals surface area (Å²) in [4.78, 5) is 0. The summed E-state index contributed by atoms with van der Waals surface area (Å²) in [7, 11) is 0. The zero-order valence-electron chi connectivity index (χ0n) is 11.6. The average Bonchev–Trinajstić information content (AvgIpc) is 2.49. The van der Waals surface area contributed by atoms with Gasteiger partial charge in [-0.2, -0.15) is 0 Å². The number of aliphatic hydroxyl groups is 1. The third-order valence-electron chi connectivity index (χ3n) is 3.72. The van der Waals surface area contributed by atoms with Crippen LogP contribution in [-0.2, 0) is 17.9 Å². The highest BCUT2D eigenvalue weighted by Gasteiger charge is 2.12. The quantitative estimate of drug-likeness (QED) is 0.743. The monoisotopic (exact) mass is 263 g/mol. The second kappa shape index (κ2) is 8.31. The van der Waals surface area contributed by atoms with Crippen LogP contribution < -0.4 is 5.32 Å². The van der Waals surface area contributed by atoms with Gasteiger partial charge in [0, 0.05) is 13.1 Å². The van der Waals surface area contributed by atoms with E-state index in [1.54, 1.807) is 0 Å². The Hall–Kier alpha value is -0.900. The van der Waals surface area contributed by atoms with Crippen LogP contribution in [0, 0.1) is 0 Å². The molecule has 0 amide bonds. The van der Waals surface area contributed by atoms with Gasteiger partial charge in [0.25, 0.3) is 0 Å². The molecule has 19 heavy (non-hydrogen) atoms. The summed E-state index contributed by atoms with van der Waals surface area (Å²) in [6.45, 7) is 2.68. The minimum absolute atomic E-state index is 0.114. The Labute approximate surface area is 116 Å². The van der Waals surface area contributed by atoms with Crippen molar-refractivity contribution in [2.45, 2.75) is 51.4 Å². The Kier molecular flexibility index (Phi) is 6.34. The molecule has 0 saturated heterocycles. The normalized spacial score (nSPS) is 16.7. The van der Waals surface area contributed by atoms with Gasteiger partial charge in [-0.1, -0.05) is 43.5 Å². The van der Waals surface area contributed by atoms with Crippen molar-refractivity contribution in [3.8, 4) is 0 Å². The Balaban J connectivity index is 1.55. The van der Waals surface area contributed by atoms with Crippen LogP contribution in [0.1, 0.15) is 43.2 Å². The zero-order valence-corrected chi connectivity index (χ0v) is 11.6. The molecule has 0 aliphatic heterocycles. The maximum Gasteiger partial charge on any atom is 0.0681 e. The van der Waals surface area contributed by atoms with Crippen molar-refractivity contribution < 1.29 is 9.84 Å². The smallest absolute Gasteiger partial charge is 0.0681 e. The Morgan fingerprint density at radius 2 is 1.74 bits per heavy atom. The van der Waals surface area contributed by atoms with Crippen molar-refractivity contribution in [1.29, 1.82) is 0 Å². The summed E-state index contributed by atoms with van der Waals surface area (Å²) < 4.78 is 5.86. The van der Waals surface area contributed by atoms with E-state index in [0.717, 1.165) is 25.3 Å². The lowest BCUT2D eigenvalue weighted by Crippen LogP contribution is -2.24. The van der Waals surface area contributed by atoms with Crippen molar-refractivity contribution in [3.05, 3.63) is 35.4 Å². The molecule has 0 spiro atoms. The molecule has 2 rings (SSSR count). The van der Waals surface area contributed by atoms with Gasteiger partial charge in [-0.15, -0.1) is 0 Å². The van der Waals surface area contributed by atoms with E-state index in [1.165, 1.54) is 37.7 Å². The number of aliphatic hydroxyl groups excluding tert-OH is 1. The molecule has 3 nitrogen and oxygen atoms in total. The van der Waals surface area contributed by atoms with E-state index in [0.29, 0.717) is 6.10 Å². The molecule has 1 aromatic rings. The van der Waals surface area contributed by atoms with Gasteiger partial charge in [0.05, 0.1) is 19.3 Å². The van der Waals surface area contributed by atoms with Gasteiger partial charge in [0.15, 0.2) is 0 Å². The van der Waals surface area contributed by atoms with E-state index in [2.05, 4.69) is 17.4 Å². The van der Waals surface area contributed by atoms with Crippen molar-refractivity contribution >= 4 is 0 Å². The molecule has 0 heterocycles. The second-order valence-electron chi connectivity index (χ2n) is 5.28. The first-order valence-corrected chi connectivity index (χ1v) is 7.39. The minimum atomic E-state index is 0.114. The lowest BCUT2D eigenvalue weighted by Gasteiger charge is -2.22. The molecule has 1 aromatic carbocycles. The molecule has 1 aliphatic carbocycles. The first-order chi connectivity index (χ1) is 9.38. The van der Waals surface area contributed by atoms with E-state index < -0.39 is 0 Å². The van der Waals surface area contributed by atoms with Gasteiger partial charge in [0.1, 0.15) is 0 Å². The number of hydrogen-bond acceptors (Lipinski definition) is 3. The van der Waals surface area contributed by atoms with Gasteiger partial charge < -0.3 is 15.2 Å². The molecule has 0 radical (unpaired) electrons. The zero-order chi connectivity index (χ0) is 13.3.